The molecule has 1 unspecified atom stereocenters. The molecule has 4 rings (SSSR count). The minimum absolute atomic E-state index is 0.0147. The number of sulfone groups is 1. The molecule has 2 aliphatic heterocycles. The van der Waals surface area contributed by atoms with Gasteiger partial charge in [0.1, 0.15) is 18.5 Å². The highest BCUT2D eigenvalue weighted by molar-refractivity contribution is 7.90. The Labute approximate surface area is 174 Å². The molecule has 0 saturated carbocycles. The average molecular weight is 433 g/mol. The van der Waals surface area contributed by atoms with Gasteiger partial charge in [-0.1, -0.05) is 6.07 Å². The first kappa shape index (κ1) is 20.3. The molecule has 10 heteroatoms. The second-order valence-corrected chi connectivity index (χ2v) is 9.87. The van der Waals surface area contributed by atoms with E-state index >= 15 is 0 Å². The summed E-state index contributed by atoms with van der Waals surface area (Å²) in [6, 6.07) is 7.36. The first-order chi connectivity index (χ1) is 14.3. The lowest BCUT2D eigenvalue weighted by Gasteiger charge is -2.12. The number of alkyl carbamates (subject to hydrolysis) is 1. The van der Waals surface area contributed by atoms with Crippen LogP contribution in [0.3, 0.4) is 0 Å². The number of aromatic amines is 1. The number of hydrogen-bond donors (Lipinski definition) is 3. The molecule has 1 fully saturated rings. The van der Waals surface area contributed by atoms with Crippen LogP contribution in [0.25, 0.3) is 6.08 Å². The van der Waals surface area contributed by atoms with Gasteiger partial charge in [-0.25, -0.2) is 13.2 Å². The number of ether oxygens (including phenoxy) is 2. The van der Waals surface area contributed by atoms with E-state index in [1.54, 1.807) is 0 Å². The minimum Gasteiger partial charge on any atom is -0.494 e. The lowest BCUT2D eigenvalue weighted by atomic mass is 10.1. The van der Waals surface area contributed by atoms with E-state index in [0.29, 0.717) is 24.6 Å². The maximum atomic E-state index is 11.8. The Bertz CT molecular complexity index is 1090. The monoisotopic (exact) mass is 432 g/mol. The molecule has 3 heterocycles. The third-order valence-corrected chi connectivity index (χ3v) is 6.21. The maximum Gasteiger partial charge on any atom is 0.407 e. The number of carbonyl (C=O) groups is 1. The zero-order valence-corrected chi connectivity index (χ0v) is 17.6. The molecule has 1 atom stereocenters. The Hall–Kier alpha value is -3.01. The van der Waals surface area contributed by atoms with Gasteiger partial charge in [0.15, 0.2) is 15.7 Å². The van der Waals surface area contributed by atoms with E-state index < -0.39 is 15.9 Å². The molecule has 0 radical (unpaired) electrons. The molecule has 0 bridgehead atoms. The van der Waals surface area contributed by atoms with Gasteiger partial charge in [0, 0.05) is 30.3 Å². The zero-order valence-electron chi connectivity index (χ0n) is 16.8. The van der Waals surface area contributed by atoms with Crippen molar-refractivity contribution in [3.05, 3.63) is 46.8 Å². The first-order valence-corrected chi connectivity index (χ1v) is 11.5. The molecule has 3 N–H and O–H groups in total. The van der Waals surface area contributed by atoms with Crippen LogP contribution in [0, 0.1) is 0 Å². The molecule has 2 aromatic rings. The van der Waals surface area contributed by atoms with E-state index in [1.165, 1.54) is 0 Å². The highest BCUT2D eigenvalue weighted by atomic mass is 32.2. The fraction of sp³-hybridized carbons (Fsp3) is 0.400. The van der Waals surface area contributed by atoms with Crippen LogP contribution in [0.15, 0.2) is 30.0 Å². The van der Waals surface area contributed by atoms with Gasteiger partial charge in [0.25, 0.3) is 0 Å². The normalized spacial score (nSPS) is 20.8. The van der Waals surface area contributed by atoms with Crippen LogP contribution in [0.5, 0.6) is 0 Å². The maximum absolute atomic E-state index is 11.8. The number of carbonyl (C=O) groups excluding carboxylic acids is 1. The van der Waals surface area contributed by atoms with Gasteiger partial charge in [-0.05, 0) is 37.1 Å². The zero-order chi connectivity index (χ0) is 21.3. The molecule has 30 heavy (non-hydrogen) atoms. The van der Waals surface area contributed by atoms with Crippen LogP contribution in [0.1, 0.15) is 37.1 Å². The van der Waals surface area contributed by atoms with Crippen LogP contribution < -0.4 is 10.6 Å². The third kappa shape index (κ3) is 4.93. The van der Waals surface area contributed by atoms with E-state index in [4.69, 9.17) is 9.47 Å². The Balaban J connectivity index is 1.36. The molecular formula is C20H24N4O5S. The van der Waals surface area contributed by atoms with Crippen LogP contribution in [-0.4, -0.2) is 43.5 Å². The summed E-state index contributed by atoms with van der Waals surface area (Å²) in [5.74, 6) is 1.48. The number of aromatic nitrogens is 2. The molecule has 1 aromatic carbocycles. The molecule has 0 aliphatic carbocycles. The van der Waals surface area contributed by atoms with Crippen molar-refractivity contribution in [3.63, 3.8) is 0 Å². The summed E-state index contributed by atoms with van der Waals surface area (Å²) in [7, 11) is -3.03. The smallest absolute Gasteiger partial charge is 0.407 e. The largest absolute Gasteiger partial charge is 0.494 e. The summed E-state index contributed by atoms with van der Waals surface area (Å²) < 4.78 is 34.5. The standard InChI is InChI=1S/C20H24N4O5S/c1-12(2)21-20(25)29-18-8-17(28-9-18)6-16-7-19(24-23-16)22-15-4-3-13-10-30(26,27)11-14(13)5-15/h3-7,12,18H,8-11H2,1-2H3,(H,21,25)(H2,22,23,24). The molecule has 1 aromatic heterocycles. The quantitative estimate of drug-likeness (QED) is 0.664. The van der Waals surface area contributed by atoms with Crippen molar-refractivity contribution >= 4 is 33.5 Å². The number of nitrogens with one attached hydrogen (secondary N) is 3. The minimum atomic E-state index is -3.03. The predicted molar refractivity (Wildman–Crippen MR) is 112 cm³/mol. The molecule has 0 spiro atoms. The average Bonchev–Trinajstić information content (AvgIpc) is 3.32. The van der Waals surface area contributed by atoms with E-state index in [1.807, 2.05) is 44.2 Å². The number of anilines is 2. The predicted octanol–water partition coefficient (Wildman–Crippen LogP) is 2.85. The molecule has 1 amide bonds. The van der Waals surface area contributed by atoms with E-state index in [9.17, 15) is 13.2 Å². The summed E-state index contributed by atoms with van der Waals surface area (Å²) in [6.45, 7) is 4.05. The number of nitrogens with zero attached hydrogens (tertiary/aromatic N) is 1. The number of H-pyrrole nitrogens is 1. The number of hydrogen-bond acceptors (Lipinski definition) is 7. The van der Waals surface area contributed by atoms with E-state index in [-0.39, 0.29) is 23.7 Å². The molecular weight excluding hydrogens is 408 g/mol. The third-order valence-electron chi connectivity index (χ3n) is 4.71. The Morgan fingerprint density at radius 1 is 1.30 bits per heavy atom. The van der Waals surface area contributed by atoms with Crippen molar-refractivity contribution in [2.75, 3.05) is 11.9 Å². The van der Waals surface area contributed by atoms with Gasteiger partial charge in [-0.15, -0.1) is 0 Å². The Morgan fingerprint density at radius 3 is 2.90 bits per heavy atom. The molecule has 9 nitrogen and oxygen atoms in total. The summed E-state index contributed by atoms with van der Waals surface area (Å²) in [5, 5.41) is 13.0. The van der Waals surface area contributed by atoms with Crippen molar-refractivity contribution < 1.29 is 22.7 Å². The van der Waals surface area contributed by atoms with Crippen molar-refractivity contribution in [1.29, 1.82) is 0 Å². The fourth-order valence-electron chi connectivity index (χ4n) is 3.44. The van der Waals surface area contributed by atoms with Gasteiger partial charge in [-0.2, -0.15) is 5.10 Å². The van der Waals surface area contributed by atoms with Crippen molar-refractivity contribution in [1.82, 2.24) is 15.5 Å². The highest BCUT2D eigenvalue weighted by Gasteiger charge is 2.26. The number of rotatable bonds is 5. The summed E-state index contributed by atoms with van der Waals surface area (Å²) in [6.07, 6.45) is 1.54. The van der Waals surface area contributed by atoms with Crippen LogP contribution in [0.2, 0.25) is 0 Å². The van der Waals surface area contributed by atoms with Crippen LogP contribution in [0.4, 0.5) is 16.3 Å². The molecule has 2 aliphatic rings. The Morgan fingerprint density at radius 2 is 2.10 bits per heavy atom. The highest BCUT2D eigenvalue weighted by Crippen LogP contribution is 2.29. The fourth-order valence-corrected chi connectivity index (χ4v) is 5.04. The molecule has 1 saturated heterocycles. The second kappa shape index (κ2) is 8.02. The van der Waals surface area contributed by atoms with Gasteiger partial charge in [0.05, 0.1) is 17.2 Å². The van der Waals surface area contributed by atoms with Crippen molar-refractivity contribution in [2.24, 2.45) is 0 Å². The van der Waals surface area contributed by atoms with Gasteiger partial charge < -0.3 is 20.1 Å². The van der Waals surface area contributed by atoms with Crippen molar-refractivity contribution in [3.8, 4) is 0 Å². The summed E-state index contributed by atoms with van der Waals surface area (Å²) in [4.78, 5) is 11.7. The summed E-state index contributed by atoms with van der Waals surface area (Å²) in [5.41, 5.74) is 3.19. The lowest BCUT2D eigenvalue weighted by Crippen LogP contribution is -2.33. The number of fused-ring (bicyclic) bond motifs is 1. The number of benzene rings is 1. The topological polar surface area (TPSA) is 122 Å². The van der Waals surface area contributed by atoms with Gasteiger partial charge in [-0.3, -0.25) is 5.10 Å². The SMILES string of the molecule is CC(C)NC(=O)OC1COC(=Cc2cc(Nc3ccc4c(c3)CS(=O)(=O)C4)n[nH]2)C1. The lowest BCUT2D eigenvalue weighted by molar-refractivity contribution is 0.0849. The van der Waals surface area contributed by atoms with E-state index in [0.717, 1.165) is 22.5 Å². The number of amides is 1. The van der Waals surface area contributed by atoms with Crippen LogP contribution >= 0.6 is 0 Å². The Kier molecular flexibility index (Phi) is 5.42. The first-order valence-electron chi connectivity index (χ1n) is 9.71. The van der Waals surface area contributed by atoms with Crippen molar-refractivity contribution in [2.45, 2.75) is 43.9 Å². The van der Waals surface area contributed by atoms with Crippen LogP contribution in [-0.2, 0) is 30.8 Å². The van der Waals surface area contributed by atoms with Gasteiger partial charge in [0.2, 0.25) is 0 Å². The van der Waals surface area contributed by atoms with Gasteiger partial charge >= 0.3 is 6.09 Å². The second-order valence-electron chi connectivity index (χ2n) is 7.80. The summed E-state index contributed by atoms with van der Waals surface area (Å²) >= 11 is 0. The van der Waals surface area contributed by atoms with E-state index in [2.05, 4.69) is 20.8 Å². The molecule has 160 valence electrons.